The van der Waals surface area contributed by atoms with Crippen LogP contribution in [0.15, 0.2) is 28.9 Å². The molecule has 1 atom stereocenters. The fourth-order valence-electron chi connectivity index (χ4n) is 3.66. The van der Waals surface area contributed by atoms with Gasteiger partial charge in [-0.15, -0.1) is 0 Å². The van der Waals surface area contributed by atoms with Gasteiger partial charge in [0.05, 0.1) is 10.9 Å². The molecule has 3 N–H and O–H groups in total. The molecule has 4 rings (SSSR count). The SMILES string of the molecule is NS(=O)(=O)N(C(=O)O)c1ccc(F)c(C(=O)c2nn(C3CCCCO3)c3ncc(Br)cc23)c1F. The molecule has 34 heavy (non-hydrogen) atoms. The van der Waals surface area contributed by atoms with Crippen LogP contribution in [0, 0.1) is 11.6 Å². The lowest BCUT2D eigenvalue weighted by atomic mass is 10.0. The van der Waals surface area contributed by atoms with Gasteiger partial charge in [-0.25, -0.2) is 28.4 Å². The van der Waals surface area contributed by atoms with Crippen LogP contribution in [-0.4, -0.2) is 46.8 Å². The van der Waals surface area contributed by atoms with Crippen molar-refractivity contribution >= 4 is 54.7 Å². The average Bonchev–Trinajstić information content (AvgIpc) is 3.13. The second-order valence-corrected chi connectivity index (χ2v) is 9.63. The zero-order valence-corrected chi connectivity index (χ0v) is 19.5. The number of ketones is 1. The number of ether oxygens (including phenoxy) is 1. The molecule has 0 radical (unpaired) electrons. The molecule has 11 nitrogen and oxygen atoms in total. The summed E-state index contributed by atoms with van der Waals surface area (Å²) in [6.45, 7) is 0.454. The van der Waals surface area contributed by atoms with Gasteiger partial charge in [0, 0.05) is 17.3 Å². The third kappa shape index (κ3) is 4.26. The first-order valence-electron chi connectivity index (χ1n) is 9.74. The van der Waals surface area contributed by atoms with E-state index in [0.29, 0.717) is 29.6 Å². The maximum absolute atomic E-state index is 15.3. The number of halogens is 3. The molecule has 3 heterocycles. The molecule has 0 bridgehead atoms. The summed E-state index contributed by atoms with van der Waals surface area (Å²) >= 11 is 3.23. The van der Waals surface area contributed by atoms with Gasteiger partial charge in [-0.2, -0.15) is 17.8 Å². The van der Waals surface area contributed by atoms with Crippen LogP contribution in [0.5, 0.6) is 0 Å². The molecule has 1 saturated heterocycles. The van der Waals surface area contributed by atoms with Crippen LogP contribution >= 0.6 is 15.9 Å². The Bertz CT molecular complexity index is 1420. The fourth-order valence-corrected chi connectivity index (χ4v) is 4.62. The quantitative estimate of drug-likeness (QED) is 0.451. The molecule has 2 aromatic heterocycles. The van der Waals surface area contributed by atoms with Crippen molar-refractivity contribution in [3.05, 3.63) is 51.8 Å². The first-order valence-corrected chi connectivity index (χ1v) is 12.0. The highest BCUT2D eigenvalue weighted by Gasteiger charge is 2.34. The van der Waals surface area contributed by atoms with E-state index in [1.165, 1.54) is 16.9 Å². The van der Waals surface area contributed by atoms with E-state index in [4.69, 9.17) is 9.88 Å². The summed E-state index contributed by atoms with van der Waals surface area (Å²) in [6.07, 6.45) is 0.989. The summed E-state index contributed by atoms with van der Waals surface area (Å²) in [7, 11) is -5.00. The molecular formula is C19H16BrF2N5O6S. The summed E-state index contributed by atoms with van der Waals surface area (Å²) in [5.74, 6) is -4.34. The van der Waals surface area contributed by atoms with Gasteiger partial charge in [0.2, 0.25) is 5.78 Å². The highest BCUT2D eigenvalue weighted by molar-refractivity contribution is 9.10. The van der Waals surface area contributed by atoms with Gasteiger partial charge in [-0.05, 0) is 53.4 Å². The molecule has 1 amide bonds. The van der Waals surface area contributed by atoms with E-state index < -0.39 is 55.5 Å². The number of carboxylic acid groups (broad SMARTS) is 1. The number of anilines is 1. The normalized spacial score (nSPS) is 16.5. The number of benzene rings is 1. The molecule has 0 saturated carbocycles. The molecule has 1 aliphatic heterocycles. The van der Waals surface area contributed by atoms with Crippen LogP contribution in [-0.2, 0) is 14.9 Å². The molecule has 180 valence electrons. The number of hydrogen-bond acceptors (Lipinski definition) is 7. The third-order valence-electron chi connectivity index (χ3n) is 5.10. The molecule has 15 heteroatoms. The zero-order chi connectivity index (χ0) is 24.8. The molecule has 1 fully saturated rings. The maximum Gasteiger partial charge on any atom is 0.427 e. The lowest BCUT2D eigenvalue weighted by Gasteiger charge is -2.23. The Morgan fingerprint density at radius 2 is 2.03 bits per heavy atom. The van der Waals surface area contributed by atoms with Gasteiger partial charge >= 0.3 is 16.3 Å². The summed E-state index contributed by atoms with van der Waals surface area (Å²) in [5, 5.41) is 18.4. The minimum Gasteiger partial charge on any atom is -0.464 e. The van der Waals surface area contributed by atoms with Gasteiger partial charge in [0.25, 0.3) is 0 Å². The molecule has 3 aromatic rings. The number of carbonyl (C=O) groups excluding carboxylic acids is 1. The Balaban J connectivity index is 1.91. The number of amides is 1. The largest absolute Gasteiger partial charge is 0.464 e. The van der Waals surface area contributed by atoms with E-state index in [2.05, 4.69) is 26.0 Å². The number of carbonyl (C=O) groups is 2. The minimum atomic E-state index is -5.00. The van der Waals surface area contributed by atoms with Crippen LogP contribution in [0.4, 0.5) is 19.3 Å². The van der Waals surface area contributed by atoms with E-state index >= 15 is 4.39 Å². The number of hydrogen-bond donors (Lipinski definition) is 2. The summed E-state index contributed by atoms with van der Waals surface area (Å²) in [4.78, 5) is 29.0. The predicted molar refractivity (Wildman–Crippen MR) is 117 cm³/mol. The Morgan fingerprint density at radius 3 is 2.65 bits per heavy atom. The number of nitrogens with zero attached hydrogens (tertiary/aromatic N) is 4. The molecular weight excluding hydrogens is 544 g/mol. The van der Waals surface area contributed by atoms with Crippen molar-refractivity contribution in [1.82, 2.24) is 14.8 Å². The Labute approximate surface area is 199 Å². The summed E-state index contributed by atoms with van der Waals surface area (Å²) in [5.41, 5.74) is -2.50. The van der Waals surface area contributed by atoms with E-state index in [0.717, 1.165) is 12.8 Å². The number of nitrogens with two attached hydrogens (primary N) is 1. The first kappa shape index (κ1) is 24.1. The van der Waals surface area contributed by atoms with E-state index in [-0.39, 0.29) is 16.7 Å². The number of fused-ring (bicyclic) bond motifs is 1. The molecule has 0 aliphatic carbocycles. The van der Waals surface area contributed by atoms with Crippen molar-refractivity contribution in [2.45, 2.75) is 25.5 Å². The lowest BCUT2D eigenvalue weighted by Crippen LogP contribution is -2.41. The Hall–Kier alpha value is -3.01. The second kappa shape index (κ2) is 8.98. The minimum absolute atomic E-state index is 0.152. The first-order chi connectivity index (χ1) is 16.0. The van der Waals surface area contributed by atoms with E-state index in [9.17, 15) is 27.5 Å². The van der Waals surface area contributed by atoms with Crippen LogP contribution in [0.2, 0.25) is 0 Å². The number of pyridine rings is 1. The molecule has 1 aromatic carbocycles. The highest BCUT2D eigenvalue weighted by Crippen LogP contribution is 2.32. The smallest absolute Gasteiger partial charge is 0.427 e. The van der Waals surface area contributed by atoms with Crippen LogP contribution in [0.3, 0.4) is 0 Å². The van der Waals surface area contributed by atoms with Crippen LogP contribution in [0.25, 0.3) is 11.0 Å². The molecule has 0 spiro atoms. The van der Waals surface area contributed by atoms with E-state index in [1.54, 1.807) is 0 Å². The van der Waals surface area contributed by atoms with Gasteiger partial charge in [-0.1, -0.05) is 0 Å². The number of rotatable bonds is 5. The summed E-state index contributed by atoms with van der Waals surface area (Å²) in [6, 6.07) is 2.59. The standard InChI is InChI=1S/C19H16BrF2N5O6S/c20-9-7-10-16(25-26(18(10)24-8-9)13-3-1-2-6-33-13)17(28)14-11(21)4-5-12(15(14)22)27(19(29)30)34(23,31)32/h4-5,7-8,13H,1-3,6H2,(H,29,30)(H2,23,31,32). The highest BCUT2D eigenvalue weighted by atomic mass is 79.9. The van der Waals surface area contributed by atoms with Crippen molar-refractivity contribution < 1.29 is 36.6 Å². The Kier molecular flexibility index (Phi) is 6.37. The zero-order valence-electron chi connectivity index (χ0n) is 17.1. The monoisotopic (exact) mass is 559 g/mol. The fraction of sp³-hybridized carbons (Fsp3) is 0.263. The maximum atomic E-state index is 15.3. The van der Waals surface area contributed by atoms with Gasteiger partial charge in [0.1, 0.15) is 17.2 Å². The van der Waals surface area contributed by atoms with Crippen molar-refractivity contribution in [2.75, 3.05) is 10.9 Å². The predicted octanol–water partition coefficient (Wildman–Crippen LogP) is 3.09. The van der Waals surface area contributed by atoms with E-state index in [1.807, 2.05) is 0 Å². The van der Waals surface area contributed by atoms with Crippen molar-refractivity contribution in [3.8, 4) is 0 Å². The van der Waals surface area contributed by atoms with Crippen molar-refractivity contribution in [1.29, 1.82) is 0 Å². The molecule has 1 unspecified atom stereocenters. The van der Waals surface area contributed by atoms with Crippen LogP contribution < -0.4 is 9.44 Å². The van der Waals surface area contributed by atoms with Crippen LogP contribution in [0.1, 0.15) is 41.5 Å². The second-order valence-electron chi connectivity index (χ2n) is 7.32. The third-order valence-corrected chi connectivity index (χ3v) is 6.40. The lowest BCUT2D eigenvalue weighted by molar-refractivity contribution is -0.0371. The van der Waals surface area contributed by atoms with Crippen molar-refractivity contribution in [3.63, 3.8) is 0 Å². The molecule has 1 aliphatic rings. The van der Waals surface area contributed by atoms with Gasteiger partial charge in [0.15, 0.2) is 17.7 Å². The number of aromatic nitrogens is 3. The van der Waals surface area contributed by atoms with Gasteiger partial charge < -0.3 is 9.84 Å². The topological polar surface area (TPSA) is 158 Å². The Morgan fingerprint density at radius 1 is 1.29 bits per heavy atom. The van der Waals surface area contributed by atoms with Gasteiger partial charge in [-0.3, -0.25) is 4.79 Å². The summed E-state index contributed by atoms with van der Waals surface area (Å²) < 4.78 is 60.3. The average molecular weight is 560 g/mol. The van der Waals surface area contributed by atoms with Crippen molar-refractivity contribution in [2.24, 2.45) is 5.14 Å².